The number of rotatable bonds is 2. The predicted molar refractivity (Wildman–Crippen MR) is 85.7 cm³/mol. The van der Waals surface area contributed by atoms with Gasteiger partial charge in [-0.05, 0) is 19.1 Å². The minimum atomic E-state index is -0.985. The maximum Gasteiger partial charge on any atom is 0.347 e. The molecule has 5 heteroatoms. The van der Waals surface area contributed by atoms with Crippen LogP contribution in [-0.2, 0) is 0 Å². The molecule has 0 atom stereocenters. The van der Waals surface area contributed by atoms with Crippen molar-refractivity contribution >= 4 is 17.3 Å². The van der Waals surface area contributed by atoms with E-state index in [1.807, 2.05) is 19.9 Å². The molecule has 0 fully saturated rings. The van der Waals surface area contributed by atoms with Gasteiger partial charge in [0.15, 0.2) is 0 Å². The van der Waals surface area contributed by atoms with Gasteiger partial charge in [-0.1, -0.05) is 31.8 Å². The Morgan fingerprint density at radius 3 is 2.64 bits per heavy atom. The van der Waals surface area contributed by atoms with Gasteiger partial charge in [0.1, 0.15) is 16.0 Å². The minimum absolute atomic E-state index is 0.220. The lowest BCUT2D eigenvalue weighted by Gasteiger charge is -2.00. The highest BCUT2D eigenvalue weighted by Gasteiger charge is 2.15. The number of aromatic nitrogens is 1. The van der Waals surface area contributed by atoms with E-state index in [1.54, 1.807) is 19.1 Å². The molecule has 0 aliphatic rings. The number of carbonyl (C=O) groups is 1. The van der Waals surface area contributed by atoms with Crippen LogP contribution in [-0.4, -0.2) is 16.1 Å². The van der Waals surface area contributed by atoms with Gasteiger partial charge in [0.05, 0.1) is 11.3 Å². The van der Waals surface area contributed by atoms with E-state index in [-0.39, 0.29) is 10.8 Å². The molecule has 1 aromatic carbocycles. The van der Waals surface area contributed by atoms with E-state index in [9.17, 15) is 10.1 Å². The number of aryl methyl sites for hydroxylation is 1. The molecule has 0 saturated heterocycles. The first kappa shape index (κ1) is 15.8. The number of carboxylic acids is 1. The van der Waals surface area contributed by atoms with Crippen LogP contribution in [0.25, 0.3) is 10.6 Å². The highest BCUT2D eigenvalue weighted by Crippen LogP contribution is 2.29. The molecule has 0 radical (unpaired) electrons. The number of nitrogens with zero attached hydrogens (tertiary/aromatic N) is 2. The first-order valence-electron chi connectivity index (χ1n) is 6.69. The van der Waals surface area contributed by atoms with Crippen LogP contribution in [0.2, 0.25) is 0 Å². The van der Waals surface area contributed by atoms with Crippen molar-refractivity contribution in [2.24, 2.45) is 5.92 Å². The van der Waals surface area contributed by atoms with Crippen LogP contribution >= 0.6 is 11.3 Å². The number of nitriles is 1. The molecule has 0 saturated carbocycles. The molecule has 1 aromatic heterocycles. The van der Waals surface area contributed by atoms with E-state index in [0.29, 0.717) is 21.8 Å². The summed E-state index contributed by atoms with van der Waals surface area (Å²) in [5.74, 6) is 5.27. The van der Waals surface area contributed by atoms with Crippen LogP contribution in [0.5, 0.6) is 0 Å². The van der Waals surface area contributed by atoms with Gasteiger partial charge in [-0.2, -0.15) is 5.26 Å². The molecule has 2 rings (SSSR count). The fourth-order valence-electron chi connectivity index (χ4n) is 1.82. The van der Waals surface area contributed by atoms with Gasteiger partial charge in [0.25, 0.3) is 0 Å². The van der Waals surface area contributed by atoms with E-state index in [4.69, 9.17) is 5.11 Å². The standard InChI is InChI=1S/C17H14N2O2S/c1-10(2)4-5-12-6-7-13(8-14(12)9-18)16-19-11(3)15(22-16)17(20)21/h6-8,10H,1-3H3,(H,20,21). The summed E-state index contributed by atoms with van der Waals surface area (Å²) in [6, 6.07) is 7.43. The molecule has 2 aromatic rings. The van der Waals surface area contributed by atoms with Crippen LogP contribution < -0.4 is 0 Å². The van der Waals surface area contributed by atoms with E-state index in [1.165, 1.54) is 0 Å². The van der Waals surface area contributed by atoms with E-state index in [0.717, 1.165) is 16.9 Å². The van der Waals surface area contributed by atoms with Gasteiger partial charge in [0, 0.05) is 17.0 Å². The third-order valence-electron chi connectivity index (χ3n) is 2.87. The molecule has 22 heavy (non-hydrogen) atoms. The average molecular weight is 310 g/mol. The lowest BCUT2D eigenvalue weighted by Crippen LogP contribution is -1.94. The zero-order chi connectivity index (χ0) is 16.3. The summed E-state index contributed by atoms with van der Waals surface area (Å²) in [6.07, 6.45) is 0. The maximum absolute atomic E-state index is 11.1. The first-order chi connectivity index (χ1) is 10.4. The number of carboxylic acid groups (broad SMARTS) is 1. The largest absolute Gasteiger partial charge is 0.477 e. The van der Waals surface area contributed by atoms with Crippen LogP contribution in [0.1, 0.15) is 40.3 Å². The summed E-state index contributed by atoms with van der Waals surface area (Å²) >= 11 is 1.11. The zero-order valence-corrected chi connectivity index (χ0v) is 13.3. The van der Waals surface area contributed by atoms with E-state index < -0.39 is 5.97 Å². The minimum Gasteiger partial charge on any atom is -0.477 e. The second-order valence-corrected chi connectivity index (χ2v) is 6.03. The van der Waals surface area contributed by atoms with Crippen LogP contribution in [0, 0.1) is 36.0 Å². The summed E-state index contributed by atoms with van der Waals surface area (Å²) in [4.78, 5) is 15.6. The van der Waals surface area contributed by atoms with Gasteiger partial charge in [-0.15, -0.1) is 11.3 Å². The van der Waals surface area contributed by atoms with Crippen molar-refractivity contribution in [2.45, 2.75) is 20.8 Å². The number of thiazole rings is 1. The lowest BCUT2D eigenvalue weighted by atomic mass is 10.0. The fraction of sp³-hybridized carbons (Fsp3) is 0.235. The molecule has 1 heterocycles. The summed E-state index contributed by atoms with van der Waals surface area (Å²) in [7, 11) is 0. The Morgan fingerprint density at radius 1 is 1.36 bits per heavy atom. The van der Waals surface area contributed by atoms with Gasteiger partial charge in [0.2, 0.25) is 0 Å². The van der Waals surface area contributed by atoms with Crippen molar-refractivity contribution in [1.29, 1.82) is 5.26 Å². The normalized spacial score (nSPS) is 9.95. The maximum atomic E-state index is 11.1. The van der Waals surface area contributed by atoms with Crippen molar-refractivity contribution in [2.75, 3.05) is 0 Å². The number of benzene rings is 1. The molecule has 0 spiro atoms. The summed E-state index contributed by atoms with van der Waals surface area (Å²) in [5.41, 5.74) is 2.35. The summed E-state index contributed by atoms with van der Waals surface area (Å²) < 4.78 is 0. The first-order valence-corrected chi connectivity index (χ1v) is 7.50. The van der Waals surface area contributed by atoms with Crippen LogP contribution in [0.4, 0.5) is 0 Å². The van der Waals surface area contributed by atoms with Gasteiger partial charge in [-0.3, -0.25) is 0 Å². The second kappa shape index (κ2) is 6.43. The third kappa shape index (κ3) is 3.33. The Hall–Kier alpha value is -2.63. The van der Waals surface area contributed by atoms with E-state index in [2.05, 4.69) is 22.9 Å². The number of aromatic carboxylic acids is 1. The average Bonchev–Trinajstić information content (AvgIpc) is 2.87. The molecule has 0 amide bonds. The smallest absolute Gasteiger partial charge is 0.347 e. The molecular formula is C17H14N2O2S. The fourth-order valence-corrected chi connectivity index (χ4v) is 2.72. The zero-order valence-electron chi connectivity index (χ0n) is 12.5. The lowest BCUT2D eigenvalue weighted by molar-refractivity contribution is 0.0701. The number of hydrogen-bond donors (Lipinski definition) is 1. The van der Waals surface area contributed by atoms with Crippen molar-refractivity contribution in [3.8, 4) is 28.5 Å². The Kier molecular flexibility index (Phi) is 4.60. The second-order valence-electron chi connectivity index (χ2n) is 5.03. The molecule has 0 aliphatic heterocycles. The highest BCUT2D eigenvalue weighted by molar-refractivity contribution is 7.17. The summed E-state index contributed by atoms with van der Waals surface area (Å²) in [6.45, 7) is 5.63. The van der Waals surface area contributed by atoms with Gasteiger partial charge in [-0.25, -0.2) is 9.78 Å². The molecule has 1 N–H and O–H groups in total. The quantitative estimate of drug-likeness (QED) is 0.858. The van der Waals surface area contributed by atoms with Gasteiger partial charge < -0.3 is 5.11 Å². The molecule has 0 bridgehead atoms. The summed E-state index contributed by atoms with van der Waals surface area (Å²) in [5, 5.41) is 19.0. The third-order valence-corrected chi connectivity index (χ3v) is 4.07. The van der Waals surface area contributed by atoms with Crippen LogP contribution in [0.15, 0.2) is 18.2 Å². The number of hydrogen-bond acceptors (Lipinski definition) is 4. The van der Waals surface area contributed by atoms with Crippen molar-refractivity contribution < 1.29 is 9.90 Å². The Balaban J connectivity index is 2.47. The van der Waals surface area contributed by atoms with Crippen molar-refractivity contribution in [1.82, 2.24) is 4.98 Å². The highest BCUT2D eigenvalue weighted by atomic mass is 32.1. The molecule has 0 aliphatic carbocycles. The Morgan fingerprint density at radius 2 is 2.09 bits per heavy atom. The van der Waals surface area contributed by atoms with Crippen LogP contribution in [0.3, 0.4) is 0 Å². The van der Waals surface area contributed by atoms with E-state index >= 15 is 0 Å². The molecule has 0 unspecified atom stereocenters. The predicted octanol–water partition coefficient (Wildman–Crippen LogP) is 3.70. The molecular weight excluding hydrogens is 296 g/mol. The van der Waals surface area contributed by atoms with Gasteiger partial charge >= 0.3 is 5.97 Å². The molecule has 4 nitrogen and oxygen atoms in total. The Bertz CT molecular complexity index is 833. The van der Waals surface area contributed by atoms with Crippen molar-refractivity contribution in [3.05, 3.63) is 39.9 Å². The topological polar surface area (TPSA) is 74.0 Å². The monoisotopic (exact) mass is 310 g/mol. The SMILES string of the molecule is Cc1nc(-c2ccc(C#CC(C)C)c(C#N)c2)sc1C(=O)O. The van der Waals surface area contributed by atoms with Crippen molar-refractivity contribution in [3.63, 3.8) is 0 Å². The Labute approximate surface area is 133 Å². The molecule has 110 valence electrons.